The maximum absolute atomic E-state index is 10.7. The van der Waals surface area contributed by atoms with Crippen molar-refractivity contribution in [2.45, 2.75) is 6.92 Å². The predicted molar refractivity (Wildman–Crippen MR) is 54.8 cm³/mol. The first kappa shape index (κ1) is 14.5. The fourth-order valence-corrected chi connectivity index (χ4v) is 0.927. The van der Waals surface area contributed by atoms with Gasteiger partial charge >= 0.3 is 0 Å². The predicted octanol–water partition coefficient (Wildman–Crippen LogP) is 0.878. The van der Waals surface area contributed by atoms with Crippen LogP contribution in [0.3, 0.4) is 0 Å². The first-order valence-corrected chi connectivity index (χ1v) is 3.75. The molecule has 0 atom stereocenters. The first-order valence-electron chi connectivity index (χ1n) is 3.75. The van der Waals surface area contributed by atoms with Crippen LogP contribution in [0.5, 0.6) is 5.75 Å². The average Bonchev–Trinajstić information content (AvgIpc) is 2.07. The molecule has 0 aliphatic rings. The van der Waals surface area contributed by atoms with Crippen molar-refractivity contribution < 1.29 is 14.8 Å². The number of anilines is 1. The Morgan fingerprint density at radius 1 is 1.53 bits per heavy atom. The van der Waals surface area contributed by atoms with Gasteiger partial charge in [-0.1, -0.05) is 0 Å². The SMILES string of the molecule is CC(=O)Nc1cc([N+](=O)[O-])ccc1O.[K]. The molecule has 6 nitrogen and oxygen atoms in total. The van der Waals surface area contributed by atoms with Crippen LogP contribution in [-0.4, -0.2) is 67.3 Å². The minimum atomic E-state index is -0.606. The molecule has 0 heterocycles. The van der Waals surface area contributed by atoms with E-state index in [1.165, 1.54) is 6.92 Å². The summed E-state index contributed by atoms with van der Waals surface area (Å²) in [6.45, 7) is 1.25. The third-order valence-corrected chi connectivity index (χ3v) is 1.50. The quantitative estimate of drug-likeness (QED) is 0.344. The molecule has 0 saturated heterocycles. The van der Waals surface area contributed by atoms with Crippen LogP contribution in [0.15, 0.2) is 18.2 Å². The monoisotopic (exact) mass is 235 g/mol. The van der Waals surface area contributed by atoms with Crippen molar-refractivity contribution in [2.75, 3.05) is 5.32 Å². The smallest absolute Gasteiger partial charge is 0.271 e. The van der Waals surface area contributed by atoms with E-state index < -0.39 is 10.8 Å². The molecule has 0 unspecified atom stereocenters. The van der Waals surface area contributed by atoms with Crippen molar-refractivity contribution in [3.05, 3.63) is 28.3 Å². The number of aromatic hydroxyl groups is 1. The number of carbonyl (C=O) groups excluding carboxylic acids is 1. The summed E-state index contributed by atoms with van der Waals surface area (Å²) < 4.78 is 0. The molecule has 1 amide bonds. The van der Waals surface area contributed by atoms with Gasteiger partial charge in [-0.15, -0.1) is 0 Å². The van der Waals surface area contributed by atoms with Crippen molar-refractivity contribution in [1.29, 1.82) is 0 Å². The molecule has 0 aliphatic carbocycles. The van der Waals surface area contributed by atoms with Gasteiger partial charge in [-0.2, -0.15) is 0 Å². The Morgan fingerprint density at radius 2 is 2.13 bits per heavy atom. The summed E-state index contributed by atoms with van der Waals surface area (Å²) in [5.74, 6) is -0.605. The second-order valence-electron chi connectivity index (χ2n) is 2.64. The van der Waals surface area contributed by atoms with Gasteiger partial charge in [0, 0.05) is 70.4 Å². The second kappa shape index (κ2) is 6.18. The van der Waals surface area contributed by atoms with Crippen LogP contribution >= 0.6 is 0 Å². The summed E-state index contributed by atoms with van der Waals surface area (Å²) in [7, 11) is 0. The number of hydrogen-bond acceptors (Lipinski definition) is 4. The van der Waals surface area contributed by atoms with Gasteiger partial charge in [-0.25, -0.2) is 0 Å². The van der Waals surface area contributed by atoms with Gasteiger partial charge in [0.25, 0.3) is 5.69 Å². The molecule has 1 aromatic carbocycles. The Hall–Kier alpha value is -0.474. The number of phenols is 1. The van der Waals surface area contributed by atoms with E-state index >= 15 is 0 Å². The molecule has 1 aromatic rings. The molecule has 0 saturated carbocycles. The molecule has 2 N–H and O–H groups in total. The summed E-state index contributed by atoms with van der Waals surface area (Å²) in [6, 6.07) is 3.40. The van der Waals surface area contributed by atoms with Gasteiger partial charge in [0.1, 0.15) is 5.75 Å². The molecule has 0 aliphatic heterocycles. The third-order valence-electron chi connectivity index (χ3n) is 1.50. The molecule has 75 valence electrons. The number of rotatable bonds is 2. The Labute approximate surface area is 128 Å². The van der Waals surface area contributed by atoms with Gasteiger partial charge in [0.15, 0.2) is 0 Å². The molecule has 7 heteroatoms. The summed E-state index contributed by atoms with van der Waals surface area (Å²) in [5.41, 5.74) is -0.154. The molecular formula is C8H8KN2O4. The zero-order chi connectivity index (χ0) is 10.7. The topological polar surface area (TPSA) is 92.5 Å². The largest absolute Gasteiger partial charge is 0.506 e. The minimum Gasteiger partial charge on any atom is -0.506 e. The van der Waals surface area contributed by atoms with E-state index in [4.69, 9.17) is 0 Å². The van der Waals surface area contributed by atoms with Crippen molar-refractivity contribution in [3.8, 4) is 5.75 Å². The number of nitro groups is 1. The van der Waals surface area contributed by atoms with Crippen LogP contribution in [0.2, 0.25) is 0 Å². The molecule has 1 radical (unpaired) electrons. The Bertz CT molecular complexity index is 394. The van der Waals surface area contributed by atoms with E-state index in [0.29, 0.717) is 0 Å². The van der Waals surface area contributed by atoms with Crippen molar-refractivity contribution in [2.24, 2.45) is 0 Å². The Balaban J connectivity index is 0.00000196. The van der Waals surface area contributed by atoms with Gasteiger partial charge in [0.05, 0.1) is 10.6 Å². The number of nitro benzene ring substituents is 1. The van der Waals surface area contributed by atoms with Crippen molar-refractivity contribution in [3.63, 3.8) is 0 Å². The van der Waals surface area contributed by atoms with Gasteiger partial charge in [0.2, 0.25) is 5.91 Å². The van der Waals surface area contributed by atoms with E-state index in [2.05, 4.69) is 5.32 Å². The first-order chi connectivity index (χ1) is 6.50. The van der Waals surface area contributed by atoms with Gasteiger partial charge in [-0.05, 0) is 6.07 Å². The number of phenolic OH excluding ortho intramolecular Hbond substituents is 1. The summed E-state index contributed by atoms with van der Waals surface area (Å²) in [6.07, 6.45) is 0. The van der Waals surface area contributed by atoms with Crippen LogP contribution in [0.4, 0.5) is 11.4 Å². The van der Waals surface area contributed by atoms with Crippen molar-refractivity contribution in [1.82, 2.24) is 0 Å². The molecule has 0 spiro atoms. The molecule has 0 bridgehead atoms. The summed E-state index contributed by atoms with van der Waals surface area (Å²) in [4.78, 5) is 20.4. The number of hydrogen-bond donors (Lipinski definition) is 2. The second-order valence-corrected chi connectivity index (χ2v) is 2.64. The number of carbonyl (C=O) groups is 1. The minimum absolute atomic E-state index is 0. The molecule has 15 heavy (non-hydrogen) atoms. The molecular weight excluding hydrogens is 227 g/mol. The standard InChI is InChI=1S/C8H8N2O4.K/c1-5(11)9-7-4-6(10(13)14)2-3-8(7)12;/h2-4,12H,1H3,(H,9,11);. The van der Waals surface area contributed by atoms with Crippen LogP contribution in [0, 0.1) is 10.1 Å². The van der Waals surface area contributed by atoms with Gasteiger partial charge < -0.3 is 10.4 Å². The Kier molecular flexibility index (Phi) is 5.99. The summed E-state index contributed by atoms with van der Waals surface area (Å²) >= 11 is 0. The zero-order valence-electron chi connectivity index (χ0n) is 8.35. The maximum atomic E-state index is 10.7. The number of nitrogens with one attached hydrogen (secondary N) is 1. The van der Waals surface area contributed by atoms with E-state index in [1.807, 2.05) is 0 Å². The third kappa shape index (κ3) is 4.27. The van der Waals surface area contributed by atoms with E-state index in [-0.39, 0.29) is 68.5 Å². The average molecular weight is 235 g/mol. The van der Waals surface area contributed by atoms with Crippen LogP contribution in [0.25, 0.3) is 0 Å². The van der Waals surface area contributed by atoms with Crippen LogP contribution in [0.1, 0.15) is 6.92 Å². The van der Waals surface area contributed by atoms with Crippen LogP contribution in [-0.2, 0) is 4.79 Å². The number of non-ortho nitro benzene ring substituents is 1. The fourth-order valence-electron chi connectivity index (χ4n) is 0.927. The number of amides is 1. The van der Waals surface area contributed by atoms with Crippen molar-refractivity contribution >= 4 is 68.7 Å². The molecule has 0 fully saturated rings. The zero-order valence-corrected chi connectivity index (χ0v) is 11.5. The molecule has 0 aromatic heterocycles. The van der Waals surface area contributed by atoms with Gasteiger partial charge in [-0.3, -0.25) is 14.9 Å². The normalized spacial score (nSPS) is 8.87. The molecule has 1 rings (SSSR count). The Morgan fingerprint density at radius 3 is 2.60 bits per heavy atom. The van der Waals surface area contributed by atoms with Crippen LogP contribution < -0.4 is 5.32 Å². The maximum Gasteiger partial charge on any atom is 0.271 e. The van der Waals surface area contributed by atoms with E-state index in [0.717, 1.165) is 18.2 Å². The van der Waals surface area contributed by atoms with E-state index in [1.54, 1.807) is 0 Å². The fraction of sp³-hybridized carbons (Fsp3) is 0.125. The summed E-state index contributed by atoms with van der Waals surface area (Å²) in [5, 5.41) is 21.9. The van der Waals surface area contributed by atoms with E-state index in [9.17, 15) is 20.0 Å². The number of nitrogens with zero attached hydrogens (tertiary/aromatic N) is 1. The number of benzene rings is 1.